The molecule has 10 aromatic carbocycles. The summed E-state index contributed by atoms with van der Waals surface area (Å²) in [4.78, 5) is 2.42. The quantitative estimate of drug-likeness (QED) is 0.147. The smallest absolute Gasteiger partial charge is 0.0713 e. The number of aromatic nitrogens is 1. The number of nitrogens with zero attached hydrogens (tertiary/aromatic N) is 2. The summed E-state index contributed by atoms with van der Waals surface area (Å²) < 4.78 is 2.51. The Bertz CT molecular complexity index is 3980. The summed E-state index contributed by atoms with van der Waals surface area (Å²) in [7, 11) is 0. The first-order chi connectivity index (χ1) is 35.9. The van der Waals surface area contributed by atoms with Crippen LogP contribution in [0.15, 0.2) is 261 Å². The van der Waals surface area contributed by atoms with Crippen molar-refractivity contribution in [1.82, 2.24) is 4.57 Å². The van der Waals surface area contributed by atoms with E-state index in [1.807, 2.05) is 0 Å². The summed E-state index contributed by atoms with van der Waals surface area (Å²) in [6.45, 7) is 7.08. The van der Waals surface area contributed by atoms with Crippen molar-refractivity contribution in [3.63, 3.8) is 0 Å². The SMILES string of the molecule is CC1C=CC(c2cccc(N(c3ccccc3)c3ccc4c(c3)C(C)(C)c3ccccc3-4)c2)=CC1c1ccc2c3ccccc3n(-c3ccc4c(c3)-c3ccccc3C4(c3ccccc3)c3ccccc3)c2c1. The molecule has 0 aliphatic heterocycles. The van der Waals surface area contributed by atoms with Crippen molar-refractivity contribution >= 4 is 44.4 Å². The van der Waals surface area contributed by atoms with Gasteiger partial charge in [-0.25, -0.2) is 0 Å². The highest BCUT2D eigenvalue weighted by Crippen LogP contribution is 2.57. The summed E-state index contributed by atoms with van der Waals surface area (Å²) in [5.74, 6) is 0.483. The molecule has 2 atom stereocenters. The molecule has 0 saturated heterocycles. The lowest BCUT2D eigenvalue weighted by atomic mass is 9.68. The summed E-state index contributed by atoms with van der Waals surface area (Å²) in [6.07, 6.45) is 7.26. The van der Waals surface area contributed by atoms with Gasteiger partial charge in [0.15, 0.2) is 0 Å². The van der Waals surface area contributed by atoms with Crippen molar-refractivity contribution in [2.45, 2.75) is 37.5 Å². The van der Waals surface area contributed by atoms with Gasteiger partial charge in [0.05, 0.1) is 16.4 Å². The molecular weight excluding hydrogens is 881 g/mol. The second-order valence-electron chi connectivity index (χ2n) is 20.9. The molecule has 0 saturated carbocycles. The van der Waals surface area contributed by atoms with Crippen LogP contribution in [0.3, 0.4) is 0 Å². The Hall–Kier alpha value is -8.72. The molecule has 14 rings (SSSR count). The van der Waals surface area contributed by atoms with Gasteiger partial charge in [0, 0.05) is 44.9 Å². The minimum atomic E-state index is -0.443. The van der Waals surface area contributed by atoms with E-state index in [9.17, 15) is 0 Å². The van der Waals surface area contributed by atoms with Gasteiger partial charge in [0.25, 0.3) is 0 Å². The lowest BCUT2D eigenvalue weighted by Gasteiger charge is -2.33. The number of hydrogen-bond donors (Lipinski definition) is 0. The van der Waals surface area contributed by atoms with Gasteiger partial charge in [0.2, 0.25) is 0 Å². The van der Waals surface area contributed by atoms with E-state index < -0.39 is 5.41 Å². The van der Waals surface area contributed by atoms with Crippen molar-refractivity contribution in [3.8, 4) is 27.9 Å². The Morgan fingerprint density at radius 2 is 1.03 bits per heavy atom. The van der Waals surface area contributed by atoms with Gasteiger partial charge < -0.3 is 9.47 Å². The number of fused-ring (bicyclic) bond motifs is 9. The third kappa shape index (κ3) is 6.56. The van der Waals surface area contributed by atoms with Gasteiger partial charge in [-0.15, -0.1) is 0 Å². The molecule has 1 aromatic heterocycles. The molecule has 2 unspecified atom stereocenters. The van der Waals surface area contributed by atoms with Crippen LogP contribution in [0.25, 0.3) is 55.3 Å². The molecule has 0 amide bonds. The van der Waals surface area contributed by atoms with Crippen molar-refractivity contribution in [2.75, 3.05) is 4.90 Å². The monoisotopic (exact) mass is 934 g/mol. The number of para-hydroxylation sites is 2. The van der Waals surface area contributed by atoms with Crippen LogP contribution in [0, 0.1) is 5.92 Å². The Morgan fingerprint density at radius 3 is 1.79 bits per heavy atom. The molecule has 348 valence electrons. The van der Waals surface area contributed by atoms with Crippen molar-refractivity contribution in [2.24, 2.45) is 5.92 Å². The van der Waals surface area contributed by atoms with Gasteiger partial charge in [-0.2, -0.15) is 0 Å². The molecule has 73 heavy (non-hydrogen) atoms. The first-order valence-electron chi connectivity index (χ1n) is 25.9. The Kier molecular flexibility index (Phi) is 9.85. The Labute approximate surface area is 428 Å². The Balaban J connectivity index is 0.871. The van der Waals surface area contributed by atoms with Gasteiger partial charge in [-0.3, -0.25) is 0 Å². The number of hydrogen-bond acceptors (Lipinski definition) is 1. The number of anilines is 3. The molecular formula is C71H54N2. The molecule has 0 bridgehead atoms. The van der Waals surface area contributed by atoms with Crippen LogP contribution in [0.1, 0.15) is 71.2 Å². The highest BCUT2D eigenvalue weighted by atomic mass is 15.1. The zero-order chi connectivity index (χ0) is 48.8. The standard InChI is InChI=1S/C71H54N2/c1-47-34-35-49(48-20-19-27-54(42-48)72(53-25-11-6-12-26-53)56-37-40-59-57-28-13-16-31-64(57)70(2,3)67(59)46-56)43-62(47)50-36-39-61-60-30-15-18-33-68(60)73(69(61)44-50)55-38-41-66-63(45-55)58-29-14-17-32-65(58)71(66,51-21-7-4-8-22-51)52-23-9-5-10-24-52/h4-47,62H,1-3H3. The summed E-state index contributed by atoms with van der Waals surface area (Å²) in [5.41, 5.74) is 23.4. The number of allylic oxidation sites excluding steroid dienone is 4. The maximum atomic E-state index is 2.51. The minimum Gasteiger partial charge on any atom is -0.310 e. The lowest BCUT2D eigenvalue weighted by Crippen LogP contribution is -2.28. The first kappa shape index (κ1) is 43.1. The molecule has 1 heterocycles. The van der Waals surface area contributed by atoms with E-state index in [0.717, 1.165) is 22.7 Å². The second kappa shape index (κ2) is 16.7. The van der Waals surface area contributed by atoms with E-state index in [2.05, 4.69) is 291 Å². The van der Waals surface area contributed by atoms with E-state index in [1.165, 1.54) is 94.1 Å². The van der Waals surface area contributed by atoms with E-state index in [0.29, 0.717) is 5.92 Å². The van der Waals surface area contributed by atoms with Crippen LogP contribution in [0.4, 0.5) is 17.1 Å². The van der Waals surface area contributed by atoms with Gasteiger partial charge in [-0.1, -0.05) is 221 Å². The average Bonchev–Trinajstić information content (AvgIpc) is 4.02. The molecule has 2 heteroatoms. The molecule has 3 aliphatic carbocycles. The fraction of sp³-hybridized carbons (Fsp3) is 0.0986. The maximum absolute atomic E-state index is 2.51. The molecule has 0 fully saturated rings. The largest absolute Gasteiger partial charge is 0.310 e. The molecule has 3 aliphatic rings. The number of rotatable bonds is 8. The van der Waals surface area contributed by atoms with Gasteiger partial charge in [-0.05, 0) is 139 Å². The summed E-state index contributed by atoms with van der Waals surface area (Å²) >= 11 is 0. The minimum absolute atomic E-state index is 0.0988. The van der Waals surface area contributed by atoms with E-state index in [-0.39, 0.29) is 11.3 Å². The van der Waals surface area contributed by atoms with Crippen LogP contribution in [0.5, 0.6) is 0 Å². The van der Waals surface area contributed by atoms with Crippen molar-refractivity contribution in [1.29, 1.82) is 0 Å². The third-order valence-electron chi connectivity index (χ3n) is 16.6. The summed E-state index contributed by atoms with van der Waals surface area (Å²) in [5, 5.41) is 2.52. The van der Waals surface area contributed by atoms with Crippen LogP contribution >= 0.6 is 0 Å². The van der Waals surface area contributed by atoms with Crippen molar-refractivity contribution < 1.29 is 0 Å². The van der Waals surface area contributed by atoms with Gasteiger partial charge in [0.1, 0.15) is 0 Å². The highest BCUT2D eigenvalue weighted by Gasteiger charge is 2.46. The van der Waals surface area contributed by atoms with E-state index in [1.54, 1.807) is 0 Å². The zero-order valence-corrected chi connectivity index (χ0v) is 41.4. The first-order valence-corrected chi connectivity index (χ1v) is 25.9. The lowest BCUT2D eigenvalue weighted by molar-refractivity contribution is 0.638. The molecule has 11 aromatic rings. The van der Waals surface area contributed by atoms with E-state index in [4.69, 9.17) is 0 Å². The molecule has 0 radical (unpaired) electrons. The van der Waals surface area contributed by atoms with E-state index >= 15 is 0 Å². The van der Waals surface area contributed by atoms with Crippen LogP contribution in [-0.2, 0) is 10.8 Å². The summed E-state index contributed by atoms with van der Waals surface area (Å²) in [6, 6.07) is 90.5. The van der Waals surface area contributed by atoms with Gasteiger partial charge >= 0.3 is 0 Å². The maximum Gasteiger partial charge on any atom is 0.0713 e. The van der Waals surface area contributed by atoms with Crippen LogP contribution in [-0.4, -0.2) is 4.57 Å². The average molecular weight is 935 g/mol. The predicted octanol–water partition coefficient (Wildman–Crippen LogP) is 18.3. The van der Waals surface area contributed by atoms with Crippen LogP contribution in [0.2, 0.25) is 0 Å². The molecule has 0 N–H and O–H groups in total. The highest BCUT2D eigenvalue weighted by molar-refractivity contribution is 6.09. The topological polar surface area (TPSA) is 8.17 Å². The Morgan fingerprint density at radius 1 is 0.425 bits per heavy atom. The van der Waals surface area contributed by atoms with Crippen LogP contribution < -0.4 is 4.90 Å². The molecule has 0 spiro atoms. The fourth-order valence-electron chi connectivity index (χ4n) is 13.1. The van der Waals surface area contributed by atoms with Crippen molar-refractivity contribution in [3.05, 3.63) is 305 Å². The zero-order valence-electron chi connectivity index (χ0n) is 41.4. The second-order valence-corrected chi connectivity index (χ2v) is 20.9. The third-order valence-corrected chi connectivity index (χ3v) is 16.6. The number of benzene rings is 10. The predicted molar refractivity (Wildman–Crippen MR) is 306 cm³/mol. The normalized spacial score (nSPS) is 16.7. The molecule has 2 nitrogen and oxygen atoms in total. The fourth-order valence-corrected chi connectivity index (χ4v) is 13.1.